The monoisotopic (exact) mass is 647 g/mol. The number of esters is 1. The molecule has 0 radical (unpaired) electrons. The Labute approximate surface area is 281 Å². The van der Waals surface area contributed by atoms with Gasteiger partial charge in [0.25, 0.3) is 0 Å². The number of amides is 1. The van der Waals surface area contributed by atoms with Crippen LogP contribution in [0.2, 0.25) is 0 Å². The molecule has 0 aromatic heterocycles. The van der Waals surface area contributed by atoms with Crippen molar-refractivity contribution in [2.75, 3.05) is 19.7 Å². The summed E-state index contributed by atoms with van der Waals surface area (Å²) in [6.45, 7) is 3.49. The fraction of sp³-hybridized carbons (Fsp3) is 0.231. The van der Waals surface area contributed by atoms with Gasteiger partial charge in [0.05, 0.1) is 17.7 Å². The minimum absolute atomic E-state index is 0.0136. The Bertz CT molecular complexity index is 1740. The summed E-state index contributed by atoms with van der Waals surface area (Å²) < 4.78 is 5.18. The van der Waals surface area contributed by atoms with Gasteiger partial charge in [-0.05, 0) is 59.4 Å². The Morgan fingerprint density at radius 3 is 2.17 bits per heavy atom. The summed E-state index contributed by atoms with van der Waals surface area (Å²) >= 11 is 0. The summed E-state index contributed by atoms with van der Waals surface area (Å²) in [5.41, 5.74) is 12.4. The van der Waals surface area contributed by atoms with Crippen LogP contribution < -0.4 is 5.73 Å². The van der Waals surface area contributed by atoms with Crippen molar-refractivity contribution in [3.05, 3.63) is 131 Å². The molecule has 9 nitrogen and oxygen atoms in total. The molecule has 1 aliphatic rings. The van der Waals surface area contributed by atoms with Gasteiger partial charge >= 0.3 is 11.9 Å². The van der Waals surface area contributed by atoms with Crippen molar-refractivity contribution >= 4 is 35.4 Å². The molecule has 1 amide bonds. The maximum atomic E-state index is 13.1. The van der Waals surface area contributed by atoms with E-state index in [0.717, 1.165) is 34.2 Å². The highest BCUT2D eigenvalue weighted by Crippen LogP contribution is 2.32. The number of nitrogens with two attached hydrogens (primary N) is 1. The molecular formula is C39H41N3O6. The van der Waals surface area contributed by atoms with Crippen LogP contribution in [-0.4, -0.2) is 58.5 Å². The standard InChI is InChI=1S/C25H29N3O4.C14H12O2/c1-2-10-28(11-3-12-29)25(32)21-14-20-9-8-19(15-22(20)27-23(26)16-21)18-6-4-17(5-7-18)13-24(30)31;15-14(13-9-5-2-6-10-13)16-11-12-7-3-1-4-8-12/h4-9,14-15,29H,2-3,10-13,16H2,1H3,(H2,26,27)(H,30,31);1-10H,11H2. The molecule has 0 fully saturated rings. The third kappa shape index (κ3) is 10.5. The second-order valence-electron chi connectivity index (χ2n) is 11.3. The normalized spacial score (nSPS) is 11.9. The summed E-state index contributed by atoms with van der Waals surface area (Å²) in [7, 11) is 0. The highest BCUT2D eigenvalue weighted by molar-refractivity contribution is 6.05. The van der Waals surface area contributed by atoms with Gasteiger partial charge in [0, 0.05) is 37.3 Å². The van der Waals surface area contributed by atoms with Gasteiger partial charge in [-0.25, -0.2) is 9.79 Å². The first-order chi connectivity index (χ1) is 23.3. The fourth-order valence-corrected chi connectivity index (χ4v) is 5.13. The summed E-state index contributed by atoms with van der Waals surface area (Å²) in [4.78, 5) is 41.9. The number of aliphatic hydroxyl groups is 1. The number of aliphatic imine (C=N–C) groups is 1. The Balaban J connectivity index is 0.000000271. The lowest BCUT2D eigenvalue weighted by atomic mass is 9.99. The number of aliphatic hydroxyl groups excluding tert-OH is 1. The molecule has 9 heteroatoms. The molecule has 1 heterocycles. The third-order valence-corrected chi connectivity index (χ3v) is 7.50. The van der Waals surface area contributed by atoms with Gasteiger partial charge in [-0.15, -0.1) is 0 Å². The number of carbonyl (C=O) groups is 3. The number of carbonyl (C=O) groups excluding carboxylic acids is 2. The van der Waals surface area contributed by atoms with Gasteiger partial charge in [-0.2, -0.15) is 0 Å². The molecule has 5 rings (SSSR count). The van der Waals surface area contributed by atoms with E-state index < -0.39 is 5.97 Å². The molecular weight excluding hydrogens is 606 g/mol. The summed E-state index contributed by atoms with van der Waals surface area (Å²) in [6, 6.07) is 31.8. The Hall–Kier alpha value is -5.54. The molecule has 48 heavy (non-hydrogen) atoms. The molecule has 0 atom stereocenters. The molecule has 4 aromatic rings. The van der Waals surface area contributed by atoms with E-state index in [4.69, 9.17) is 20.7 Å². The zero-order chi connectivity index (χ0) is 34.3. The van der Waals surface area contributed by atoms with Crippen molar-refractivity contribution < 1.29 is 29.3 Å². The Morgan fingerprint density at radius 1 is 0.854 bits per heavy atom. The van der Waals surface area contributed by atoms with Crippen LogP contribution in [0, 0.1) is 0 Å². The predicted octanol–water partition coefficient (Wildman–Crippen LogP) is 6.42. The minimum Gasteiger partial charge on any atom is -0.481 e. The second-order valence-corrected chi connectivity index (χ2v) is 11.3. The van der Waals surface area contributed by atoms with Crippen molar-refractivity contribution in [1.29, 1.82) is 0 Å². The molecule has 0 spiro atoms. The number of carboxylic acids is 1. The SMILES string of the molecule is CCCN(CCCO)C(=O)C1=Cc2ccc(-c3ccc(CC(=O)O)cc3)cc2N=C(N)C1.O=C(OCc1ccccc1)c1ccccc1. The highest BCUT2D eigenvalue weighted by Gasteiger charge is 2.21. The fourth-order valence-electron chi connectivity index (χ4n) is 5.13. The number of benzene rings is 4. The van der Waals surface area contributed by atoms with Crippen LogP contribution in [0.25, 0.3) is 17.2 Å². The quantitative estimate of drug-likeness (QED) is 0.151. The molecule has 248 valence electrons. The number of rotatable bonds is 12. The molecule has 0 aliphatic carbocycles. The van der Waals surface area contributed by atoms with Gasteiger partial charge in [-0.3, -0.25) is 9.59 Å². The first-order valence-corrected chi connectivity index (χ1v) is 15.9. The van der Waals surface area contributed by atoms with Crippen LogP contribution >= 0.6 is 0 Å². The van der Waals surface area contributed by atoms with Gasteiger partial charge in [0.1, 0.15) is 12.4 Å². The average Bonchev–Trinajstić information content (AvgIpc) is 3.27. The van der Waals surface area contributed by atoms with Crippen LogP contribution in [0.15, 0.2) is 114 Å². The summed E-state index contributed by atoms with van der Waals surface area (Å²) in [6.07, 6.45) is 3.47. The lowest BCUT2D eigenvalue weighted by molar-refractivity contribution is -0.136. The third-order valence-electron chi connectivity index (χ3n) is 7.50. The van der Waals surface area contributed by atoms with Crippen molar-refractivity contribution in [3.63, 3.8) is 0 Å². The van der Waals surface area contributed by atoms with E-state index in [9.17, 15) is 14.4 Å². The largest absolute Gasteiger partial charge is 0.481 e. The van der Waals surface area contributed by atoms with Crippen molar-refractivity contribution in [1.82, 2.24) is 4.90 Å². The van der Waals surface area contributed by atoms with Crippen LogP contribution in [0.5, 0.6) is 0 Å². The number of hydrogen-bond donors (Lipinski definition) is 3. The summed E-state index contributed by atoms with van der Waals surface area (Å²) in [5, 5.41) is 18.1. The molecule has 4 aromatic carbocycles. The van der Waals surface area contributed by atoms with Gasteiger partial charge in [0.15, 0.2) is 0 Å². The number of carboxylic acid groups (broad SMARTS) is 1. The van der Waals surface area contributed by atoms with E-state index in [1.165, 1.54) is 0 Å². The zero-order valence-electron chi connectivity index (χ0n) is 27.0. The molecule has 0 saturated heterocycles. The number of nitrogens with zero attached hydrogens (tertiary/aromatic N) is 2. The van der Waals surface area contributed by atoms with Crippen LogP contribution in [0.4, 0.5) is 5.69 Å². The first kappa shape index (κ1) is 35.3. The van der Waals surface area contributed by atoms with E-state index in [0.29, 0.717) is 48.8 Å². The zero-order valence-corrected chi connectivity index (χ0v) is 27.0. The minimum atomic E-state index is -0.862. The van der Waals surface area contributed by atoms with Gasteiger partial charge in [-0.1, -0.05) is 91.9 Å². The maximum absolute atomic E-state index is 13.1. The van der Waals surface area contributed by atoms with E-state index in [-0.39, 0.29) is 31.3 Å². The maximum Gasteiger partial charge on any atom is 0.338 e. The van der Waals surface area contributed by atoms with Crippen molar-refractivity contribution in [2.45, 2.75) is 39.2 Å². The second kappa shape index (κ2) is 18.0. The lowest BCUT2D eigenvalue weighted by Crippen LogP contribution is -2.35. The average molecular weight is 648 g/mol. The molecule has 0 saturated carbocycles. The topological polar surface area (TPSA) is 143 Å². The van der Waals surface area contributed by atoms with E-state index in [2.05, 4.69) is 4.99 Å². The Kier molecular flexibility index (Phi) is 13.2. The highest BCUT2D eigenvalue weighted by atomic mass is 16.5. The van der Waals surface area contributed by atoms with Crippen molar-refractivity contribution in [3.8, 4) is 11.1 Å². The Morgan fingerprint density at radius 2 is 1.52 bits per heavy atom. The van der Waals surface area contributed by atoms with E-state index in [1.807, 2.05) is 91.9 Å². The van der Waals surface area contributed by atoms with E-state index in [1.54, 1.807) is 29.2 Å². The predicted molar refractivity (Wildman–Crippen MR) is 188 cm³/mol. The van der Waals surface area contributed by atoms with Gasteiger partial charge < -0.3 is 25.6 Å². The van der Waals surface area contributed by atoms with Crippen molar-refractivity contribution in [2.24, 2.45) is 10.7 Å². The smallest absolute Gasteiger partial charge is 0.338 e. The molecule has 4 N–H and O–H groups in total. The number of fused-ring (bicyclic) bond motifs is 1. The van der Waals surface area contributed by atoms with Crippen LogP contribution in [-0.2, 0) is 27.4 Å². The molecule has 0 bridgehead atoms. The van der Waals surface area contributed by atoms with Gasteiger partial charge in [0.2, 0.25) is 5.91 Å². The molecule has 1 aliphatic heterocycles. The number of ether oxygens (including phenoxy) is 1. The number of amidine groups is 1. The summed E-state index contributed by atoms with van der Waals surface area (Å²) in [5.74, 6) is -0.858. The van der Waals surface area contributed by atoms with E-state index >= 15 is 0 Å². The van der Waals surface area contributed by atoms with Crippen LogP contribution in [0.3, 0.4) is 0 Å². The number of hydrogen-bond acceptors (Lipinski definition) is 7. The van der Waals surface area contributed by atoms with Crippen LogP contribution in [0.1, 0.15) is 53.2 Å². The lowest BCUT2D eigenvalue weighted by Gasteiger charge is -2.23. The molecule has 0 unspecified atom stereocenters. The first-order valence-electron chi connectivity index (χ1n) is 15.9. The number of aliphatic carboxylic acids is 1.